The number of aromatic amines is 2. The third-order valence-electron chi connectivity index (χ3n) is 9.33. The minimum absolute atomic E-state index is 0.0342. The molecule has 0 aliphatic carbocycles. The Morgan fingerprint density at radius 2 is 1.63 bits per heavy atom. The number of hydrogen-bond donors (Lipinski definition) is 5. The van der Waals surface area contributed by atoms with Crippen molar-refractivity contribution in [2.45, 2.75) is 20.4 Å². The number of fused-ring (bicyclic) bond motifs is 5. The molecular formula is C45H33Br2ClN10O4S. The average Bonchev–Trinajstić information content (AvgIpc) is 4.11. The maximum absolute atomic E-state index is 11.1. The fraction of sp³-hybridized carbons (Fsp3) is 0.0667. The number of carbonyl (C=O) groups is 2. The zero-order valence-electron chi connectivity index (χ0n) is 33.2. The van der Waals surface area contributed by atoms with Crippen LogP contribution < -0.4 is 10.6 Å². The normalized spacial score (nSPS) is 11.3. The standard InChI is InChI=1S/C14H11N5S.C12H9ClN4.C10H8BrNO.C9H5BrO3/c1-8-16-13(11-4-5-20-14(11)17-8)18-10-2-3-12-9(6-10)7-15-19-12;13-12-15-4-3-11(17-12)16-10-2-1-8-6-14-7-9(8)5-10;1-6(13)9-4-7-2-3-8(11)5-10(7)12-9;10-6-2-1-5-3-8(9(11)12)13-7(5)4-6/h2-7H,1H3,(H,15,19)(H,16,17,18);1-5,7H,6H2,(H,15,16,17);2-5,12H,1H3;1-4H,(H,11,12). The number of hydrogen-bond acceptors (Lipinski definition) is 12. The van der Waals surface area contributed by atoms with Gasteiger partial charge in [-0.3, -0.25) is 14.9 Å². The third kappa shape index (κ3) is 10.6. The maximum atomic E-state index is 11.1. The second-order valence-corrected chi connectivity index (χ2v) is 16.9. The number of carboxylic acid groups (broad SMARTS) is 1. The number of aromatic nitrogens is 7. The number of aromatic carboxylic acids is 1. The summed E-state index contributed by atoms with van der Waals surface area (Å²) in [5.74, 6) is 1.27. The number of carboxylic acids is 1. The number of carbonyl (C=O) groups excluding carboxylic acids is 1. The van der Waals surface area contributed by atoms with Gasteiger partial charge >= 0.3 is 5.97 Å². The predicted molar refractivity (Wildman–Crippen MR) is 256 cm³/mol. The van der Waals surface area contributed by atoms with Gasteiger partial charge in [-0.1, -0.05) is 44.0 Å². The molecule has 6 aromatic heterocycles. The van der Waals surface area contributed by atoms with Gasteiger partial charge in [0, 0.05) is 61.3 Å². The molecule has 0 unspecified atom stereocenters. The summed E-state index contributed by atoms with van der Waals surface area (Å²) in [7, 11) is 0. The lowest BCUT2D eigenvalue weighted by Crippen LogP contribution is -1.97. The van der Waals surface area contributed by atoms with E-state index >= 15 is 0 Å². The van der Waals surface area contributed by atoms with E-state index in [1.54, 1.807) is 42.7 Å². The van der Waals surface area contributed by atoms with Crippen LogP contribution in [0.15, 0.2) is 133 Å². The number of Topliss-reactive ketones (excluding diaryl/α,β-unsaturated/α-hetero) is 1. The number of H-pyrrole nitrogens is 2. The highest BCUT2D eigenvalue weighted by atomic mass is 79.9. The molecule has 0 saturated heterocycles. The Labute approximate surface area is 384 Å². The highest BCUT2D eigenvalue weighted by Crippen LogP contribution is 2.29. The van der Waals surface area contributed by atoms with E-state index in [4.69, 9.17) is 21.1 Å². The summed E-state index contributed by atoms with van der Waals surface area (Å²) in [6, 6.07) is 30.6. The molecule has 0 fully saturated rings. The minimum Gasteiger partial charge on any atom is -0.475 e. The zero-order valence-corrected chi connectivity index (χ0v) is 37.9. The Morgan fingerprint density at radius 3 is 2.44 bits per heavy atom. The molecule has 1 aliphatic heterocycles. The van der Waals surface area contributed by atoms with Crippen molar-refractivity contribution in [3.63, 3.8) is 0 Å². The molecule has 0 atom stereocenters. The topological polar surface area (TPSA) is 200 Å². The number of furan rings is 1. The van der Waals surface area contributed by atoms with Crippen LogP contribution in [0.3, 0.4) is 0 Å². The molecule has 0 spiro atoms. The van der Waals surface area contributed by atoms with Gasteiger partial charge in [0.25, 0.3) is 0 Å². The first-order valence-corrected chi connectivity index (χ1v) is 21.8. The predicted octanol–water partition coefficient (Wildman–Crippen LogP) is 12.5. The van der Waals surface area contributed by atoms with Gasteiger partial charge in [-0.25, -0.2) is 24.7 Å². The van der Waals surface area contributed by atoms with Crippen LogP contribution in [0.25, 0.3) is 43.0 Å². The molecule has 4 aromatic carbocycles. The summed E-state index contributed by atoms with van der Waals surface area (Å²) in [4.78, 5) is 46.7. The Morgan fingerprint density at radius 1 is 0.841 bits per heavy atom. The van der Waals surface area contributed by atoms with E-state index < -0.39 is 5.97 Å². The van der Waals surface area contributed by atoms with Gasteiger partial charge in [-0.15, -0.1) is 11.3 Å². The molecule has 5 N–H and O–H groups in total. The highest BCUT2D eigenvalue weighted by Gasteiger charge is 2.11. The SMILES string of the molecule is CC(=O)c1cc2ccc(Br)cc2[nH]1.Cc1nc(Nc2ccc3[nH]ncc3c2)c2ccsc2n1.Clc1nccc(Nc2ccc3c(c2)C=NC3)n1.O=C(O)c1cc2ccc(Br)cc2o1. The van der Waals surface area contributed by atoms with E-state index in [2.05, 4.69) is 94.7 Å². The van der Waals surface area contributed by atoms with Crippen LogP contribution in [-0.2, 0) is 6.54 Å². The first kappa shape index (κ1) is 42.9. The van der Waals surface area contributed by atoms with Gasteiger partial charge in [0.1, 0.15) is 27.9 Å². The number of nitrogens with zero attached hydrogens (tertiary/aromatic N) is 6. The van der Waals surface area contributed by atoms with E-state index in [0.29, 0.717) is 17.1 Å². The van der Waals surface area contributed by atoms with Crippen LogP contribution in [0.5, 0.6) is 0 Å². The molecule has 1 aliphatic rings. The van der Waals surface area contributed by atoms with E-state index in [-0.39, 0.29) is 16.8 Å². The molecule has 11 rings (SSSR count). The first-order valence-electron chi connectivity index (χ1n) is 19.0. The Kier molecular flexibility index (Phi) is 13.0. The lowest BCUT2D eigenvalue weighted by molar-refractivity contribution is 0.0664. The summed E-state index contributed by atoms with van der Waals surface area (Å²) in [6.45, 7) is 4.23. The fourth-order valence-electron chi connectivity index (χ4n) is 6.35. The van der Waals surface area contributed by atoms with Crippen LogP contribution in [0, 0.1) is 6.92 Å². The van der Waals surface area contributed by atoms with Crippen LogP contribution in [0.2, 0.25) is 5.28 Å². The maximum Gasteiger partial charge on any atom is 0.371 e. The molecule has 314 valence electrons. The number of aryl methyl sites for hydroxylation is 1. The van der Waals surface area contributed by atoms with Crippen LogP contribution in [0.4, 0.5) is 23.0 Å². The summed E-state index contributed by atoms with van der Waals surface area (Å²) in [5, 5.41) is 28.4. The number of benzene rings is 4. The van der Waals surface area contributed by atoms with E-state index in [1.807, 2.05) is 85.4 Å². The number of aliphatic imine (C=N–C) groups is 1. The molecule has 10 aromatic rings. The van der Waals surface area contributed by atoms with Crippen LogP contribution >= 0.6 is 54.8 Å². The number of ketones is 1. The Bertz CT molecular complexity index is 3240. The van der Waals surface area contributed by atoms with Crippen LogP contribution in [-0.4, -0.2) is 58.2 Å². The summed E-state index contributed by atoms with van der Waals surface area (Å²) in [5.41, 5.74) is 7.59. The molecule has 14 nitrogen and oxygen atoms in total. The number of halogens is 3. The van der Waals surface area contributed by atoms with Crippen LogP contribution in [0.1, 0.15) is 44.9 Å². The lowest BCUT2D eigenvalue weighted by Gasteiger charge is -2.07. The molecule has 0 amide bonds. The molecule has 0 bridgehead atoms. The van der Waals surface area contributed by atoms with Crippen molar-refractivity contribution < 1.29 is 19.1 Å². The van der Waals surface area contributed by atoms with Crippen molar-refractivity contribution in [3.05, 3.63) is 157 Å². The first-order chi connectivity index (χ1) is 30.4. The molecule has 0 radical (unpaired) electrons. The molecule has 63 heavy (non-hydrogen) atoms. The third-order valence-corrected chi connectivity index (χ3v) is 11.3. The quantitative estimate of drug-likeness (QED) is 0.0784. The molecular weight excluding hydrogens is 972 g/mol. The van der Waals surface area contributed by atoms with Crippen molar-refractivity contribution in [2.75, 3.05) is 10.6 Å². The smallest absolute Gasteiger partial charge is 0.371 e. The van der Waals surface area contributed by atoms with Crippen molar-refractivity contribution in [2.24, 2.45) is 4.99 Å². The van der Waals surface area contributed by atoms with E-state index in [1.165, 1.54) is 11.6 Å². The van der Waals surface area contributed by atoms with Crippen molar-refractivity contribution in [1.29, 1.82) is 0 Å². The van der Waals surface area contributed by atoms with Gasteiger partial charge in [-0.05, 0) is 120 Å². The molecule has 0 saturated carbocycles. The number of nitrogens with one attached hydrogen (secondary N) is 4. The average molecular weight is 1010 g/mol. The van der Waals surface area contributed by atoms with Gasteiger partial charge in [0.05, 0.1) is 29.3 Å². The summed E-state index contributed by atoms with van der Waals surface area (Å²) in [6.07, 6.45) is 5.31. The highest BCUT2D eigenvalue weighted by molar-refractivity contribution is 9.10. The number of thiophene rings is 1. The number of anilines is 4. The van der Waals surface area contributed by atoms with Crippen molar-refractivity contribution >= 4 is 139 Å². The summed E-state index contributed by atoms with van der Waals surface area (Å²) < 4.78 is 6.96. The minimum atomic E-state index is -1.05. The Hall–Kier alpha value is -6.79. The van der Waals surface area contributed by atoms with Gasteiger partial charge in [-0.2, -0.15) is 5.10 Å². The monoisotopic (exact) mass is 1000 g/mol. The van der Waals surface area contributed by atoms with Crippen molar-refractivity contribution in [3.8, 4) is 0 Å². The van der Waals surface area contributed by atoms with E-state index in [0.717, 1.165) is 81.5 Å². The largest absolute Gasteiger partial charge is 0.475 e. The second kappa shape index (κ2) is 19.1. The molecule has 7 heterocycles. The fourth-order valence-corrected chi connectivity index (χ4v) is 8.00. The number of rotatable bonds is 6. The second-order valence-electron chi connectivity index (χ2n) is 13.8. The summed E-state index contributed by atoms with van der Waals surface area (Å²) >= 11 is 14.0. The van der Waals surface area contributed by atoms with Gasteiger partial charge in [0.15, 0.2) is 5.78 Å². The zero-order chi connectivity index (χ0) is 44.0. The van der Waals surface area contributed by atoms with E-state index in [9.17, 15) is 9.59 Å². The van der Waals surface area contributed by atoms with Gasteiger partial charge in [0.2, 0.25) is 11.0 Å². The van der Waals surface area contributed by atoms with Gasteiger partial charge < -0.3 is 25.1 Å². The lowest BCUT2D eigenvalue weighted by atomic mass is 10.1. The Balaban J connectivity index is 0.000000117. The van der Waals surface area contributed by atoms with Crippen molar-refractivity contribution in [1.82, 2.24) is 35.1 Å². The molecule has 18 heteroatoms.